The van der Waals surface area contributed by atoms with Crippen LogP contribution in [0.1, 0.15) is 50.3 Å². The van der Waals surface area contributed by atoms with E-state index >= 15 is 0 Å². The normalized spacial score (nSPS) is 12.1. The molecule has 1 amide bonds. The summed E-state index contributed by atoms with van der Waals surface area (Å²) in [5.74, 6) is 0.426. The number of alkyl carbamates (subject to hydrolysis) is 1. The minimum Gasteiger partial charge on any atom is -0.445 e. The zero-order valence-electron chi connectivity index (χ0n) is 16.6. The van der Waals surface area contributed by atoms with E-state index in [0.717, 1.165) is 11.1 Å². The summed E-state index contributed by atoms with van der Waals surface area (Å²) < 4.78 is 5.25. The van der Waals surface area contributed by atoms with Crippen molar-refractivity contribution in [2.24, 2.45) is 5.92 Å². The molecular formula is C23H29NO3. The first-order valence-corrected chi connectivity index (χ1v) is 9.45. The van der Waals surface area contributed by atoms with E-state index in [-0.39, 0.29) is 18.3 Å². The minimum atomic E-state index is -0.571. The number of hydrogen-bond acceptors (Lipinski definition) is 3. The number of hydrogen-bond donors (Lipinski definition) is 1. The van der Waals surface area contributed by atoms with Gasteiger partial charge in [0.25, 0.3) is 0 Å². The van der Waals surface area contributed by atoms with Gasteiger partial charge in [0.1, 0.15) is 6.61 Å². The van der Waals surface area contributed by atoms with Crippen LogP contribution in [0.5, 0.6) is 0 Å². The second-order valence-electron chi connectivity index (χ2n) is 7.47. The first-order chi connectivity index (χ1) is 12.9. The Morgan fingerprint density at radius 3 is 2.07 bits per heavy atom. The molecule has 0 spiro atoms. The van der Waals surface area contributed by atoms with E-state index in [4.69, 9.17) is 4.74 Å². The van der Waals surface area contributed by atoms with E-state index in [9.17, 15) is 9.59 Å². The summed E-state index contributed by atoms with van der Waals surface area (Å²) >= 11 is 0. The summed E-state index contributed by atoms with van der Waals surface area (Å²) in [5.41, 5.74) is 3.11. The van der Waals surface area contributed by atoms with Crippen molar-refractivity contribution >= 4 is 11.9 Å². The van der Waals surface area contributed by atoms with E-state index in [1.807, 2.05) is 56.3 Å². The Bertz CT molecular complexity index is 736. The first kappa shape index (κ1) is 20.7. The van der Waals surface area contributed by atoms with Gasteiger partial charge in [0.05, 0.1) is 6.04 Å². The smallest absolute Gasteiger partial charge is 0.408 e. The highest BCUT2D eigenvalue weighted by Gasteiger charge is 2.24. The fourth-order valence-corrected chi connectivity index (χ4v) is 2.84. The Hall–Kier alpha value is -2.62. The van der Waals surface area contributed by atoms with Crippen molar-refractivity contribution in [3.05, 3.63) is 71.3 Å². The average molecular weight is 367 g/mol. The van der Waals surface area contributed by atoms with Crippen molar-refractivity contribution in [3.8, 4) is 0 Å². The summed E-state index contributed by atoms with van der Waals surface area (Å²) in [5, 5.41) is 2.73. The van der Waals surface area contributed by atoms with Gasteiger partial charge in [-0.2, -0.15) is 0 Å². The third kappa shape index (κ3) is 6.55. The molecule has 4 heteroatoms. The van der Waals surface area contributed by atoms with Crippen LogP contribution in [0.25, 0.3) is 0 Å². The van der Waals surface area contributed by atoms with Crippen molar-refractivity contribution in [1.82, 2.24) is 5.32 Å². The number of rotatable bonds is 8. The number of carbonyl (C=O) groups is 2. The molecule has 2 aromatic carbocycles. The fourth-order valence-electron chi connectivity index (χ4n) is 2.84. The van der Waals surface area contributed by atoms with Crippen LogP contribution in [-0.2, 0) is 22.6 Å². The Morgan fingerprint density at radius 1 is 0.889 bits per heavy atom. The third-order valence-corrected chi connectivity index (χ3v) is 4.52. The molecule has 0 aromatic heterocycles. The molecule has 0 radical (unpaired) electrons. The summed E-state index contributed by atoms with van der Waals surface area (Å²) in [7, 11) is 0. The number of Topliss-reactive ketones (excluding diaryl/α,β-unsaturated/α-hetero) is 1. The fraction of sp³-hybridized carbons (Fsp3) is 0.391. The van der Waals surface area contributed by atoms with Gasteiger partial charge >= 0.3 is 6.09 Å². The van der Waals surface area contributed by atoms with Crippen LogP contribution >= 0.6 is 0 Å². The van der Waals surface area contributed by atoms with Crippen LogP contribution < -0.4 is 5.32 Å². The second kappa shape index (κ2) is 9.91. The summed E-state index contributed by atoms with van der Waals surface area (Å²) in [6.07, 6.45) is -0.277. The van der Waals surface area contributed by atoms with Crippen LogP contribution in [0.3, 0.4) is 0 Å². The Labute approximate surface area is 161 Å². The molecule has 1 N–H and O–H groups in total. The highest BCUT2D eigenvalue weighted by atomic mass is 16.5. The van der Waals surface area contributed by atoms with E-state index in [2.05, 4.69) is 31.3 Å². The van der Waals surface area contributed by atoms with Crippen molar-refractivity contribution in [3.63, 3.8) is 0 Å². The van der Waals surface area contributed by atoms with E-state index in [0.29, 0.717) is 12.3 Å². The maximum Gasteiger partial charge on any atom is 0.408 e. The molecule has 4 nitrogen and oxygen atoms in total. The van der Waals surface area contributed by atoms with Crippen LogP contribution in [0.2, 0.25) is 0 Å². The molecule has 1 unspecified atom stereocenters. The van der Waals surface area contributed by atoms with Gasteiger partial charge in [-0.1, -0.05) is 82.3 Å². The molecule has 0 saturated heterocycles. The number of ketones is 1. The standard InChI is InChI=1S/C23H29NO3/c1-16(2)20-12-10-18(11-13-20)14-21(25)22(17(3)4)24-23(26)27-15-19-8-6-5-7-9-19/h5-13,16-17,22H,14-15H2,1-4H3,(H,24,26). The molecule has 27 heavy (non-hydrogen) atoms. The topological polar surface area (TPSA) is 55.4 Å². The average Bonchev–Trinajstić information content (AvgIpc) is 2.65. The van der Waals surface area contributed by atoms with Crippen LogP contribution in [-0.4, -0.2) is 17.9 Å². The molecule has 0 saturated carbocycles. The van der Waals surface area contributed by atoms with Crippen molar-refractivity contribution in [2.75, 3.05) is 0 Å². The lowest BCUT2D eigenvalue weighted by Crippen LogP contribution is -2.45. The second-order valence-corrected chi connectivity index (χ2v) is 7.47. The maximum absolute atomic E-state index is 12.7. The largest absolute Gasteiger partial charge is 0.445 e. The lowest BCUT2D eigenvalue weighted by atomic mass is 9.94. The van der Waals surface area contributed by atoms with Gasteiger partial charge in [-0.05, 0) is 28.5 Å². The quantitative estimate of drug-likeness (QED) is 0.724. The minimum absolute atomic E-state index is 0.0149. The van der Waals surface area contributed by atoms with Gasteiger partial charge in [0.15, 0.2) is 5.78 Å². The highest BCUT2D eigenvalue weighted by Crippen LogP contribution is 2.16. The Morgan fingerprint density at radius 2 is 1.52 bits per heavy atom. The summed E-state index contributed by atoms with van der Waals surface area (Å²) in [6, 6.07) is 17.0. The number of nitrogens with one attached hydrogen (secondary N) is 1. The molecule has 0 fully saturated rings. The highest BCUT2D eigenvalue weighted by molar-refractivity contribution is 5.89. The lowest BCUT2D eigenvalue weighted by Gasteiger charge is -2.21. The Kier molecular flexibility index (Phi) is 7.59. The van der Waals surface area contributed by atoms with Gasteiger partial charge in [0, 0.05) is 6.42 Å². The zero-order chi connectivity index (χ0) is 19.8. The van der Waals surface area contributed by atoms with Crippen LogP contribution in [0.15, 0.2) is 54.6 Å². The van der Waals surface area contributed by atoms with E-state index in [1.54, 1.807) is 0 Å². The van der Waals surface area contributed by atoms with Gasteiger partial charge in [0.2, 0.25) is 0 Å². The molecule has 0 bridgehead atoms. The van der Waals surface area contributed by atoms with Gasteiger partial charge in [-0.25, -0.2) is 4.79 Å². The number of carbonyl (C=O) groups excluding carboxylic acids is 2. The Balaban J connectivity index is 1.92. The molecule has 144 valence electrons. The molecule has 2 aromatic rings. The molecule has 2 rings (SSSR count). The number of amides is 1. The van der Waals surface area contributed by atoms with Crippen LogP contribution in [0.4, 0.5) is 4.79 Å². The molecule has 0 heterocycles. The summed E-state index contributed by atoms with van der Waals surface area (Å²) in [4.78, 5) is 24.8. The zero-order valence-corrected chi connectivity index (χ0v) is 16.6. The molecule has 1 atom stereocenters. The predicted molar refractivity (Wildman–Crippen MR) is 108 cm³/mol. The lowest BCUT2D eigenvalue weighted by molar-refractivity contribution is -0.121. The van der Waals surface area contributed by atoms with Crippen molar-refractivity contribution < 1.29 is 14.3 Å². The summed E-state index contributed by atoms with van der Waals surface area (Å²) in [6.45, 7) is 8.30. The van der Waals surface area contributed by atoms with Crippen molar-refractivity contribution in [1.29, 1.82) is 0 Å². The van der Waals surface area contributed by atoms with Gasteiger partial charge in [-0.3, -0.25) is 4.79 Å². The monoisotopic (exact) mass is 367 g/mol. The van der Waals surface area contributed by atoms with E-state index in [1.165, 1.54) is 5.56 Å². The van der Waals surface area contributed by atoms with E-state index < -0.39 is 12.1 Å². The maximum atomic E-state index is 12.7. The van der Waals surface area contributed by atoms with Gasteiger partial charge < -0.3 is 10.1 Å². The van der Waals surface area contributed by atoms with Crippen LogP contribution in [0, 0.1) is 5.92 Å². The number of benzene rings is 2. The van der Waals surface area contributed by atoms with Crippen molar-refractivity contribution in [2.45, 2.75) is 52.7 Å². The molecular weight excluding hydrogens is 338 g/mol. The number of ether oxygens (including phenoxy) is 1. The predicted octanol–water partition coefficient (Wildman–Crippen LogP) is 4.87. The molecule has 0 aliphatic carbocycles. The first-order valence-electron chi connectivity index (χ1n) is 9.45. The SMILES string of the molecule is CC(C)c1ccc(CC(=O)C(NC(=O)OCc2ccccc2)C(C)C)cc1. The third-order valence-electron chi connectivity index (χ3n) is 4.52. The molecule has 0 aliphatic rings. The molecule has 0 aliphatic heterocycles. The van der Waals surface area contributed by atoms with Gasteiger partial charge in [-0.15, -0.1) is 0 Å².